The van der Waals surface area contributed by atoms with Crippen LogP contribution in [0.4, 0.5) is 0 Å². The zero-order chi connectivity index (χ0) is 27.8. The number of halogens is 2. The van der Waals surface area contributed by atoms with E-state index in [0.29, 0.717) is 34.7 Å². The molecule has 1 aliphatic rings. The van der Waals surface area contributed by atoms with Crippen LogP contribution >= 0.6 is 35.0 Å². The van der Waals surface area contributed by atoms with Crippen LogP contribution in [0.5, 0.6) is 5.75 Å². The van der Waals surface area contributed by atoms with Gasteiger partial charge in [0.2, 0.25) is 0 Å². The lowest BCUT2D eigenvalue weighted by Gasteiger charge is -2.39. The van der Waals surface area contributed by atoms with Crippen LogP contribution in [-0.2, 0) is 4.79 Å². The number of hydrogen-bond acceptors (Lipinski definition) is 6. The van der Waals surface area contributed by atoms with E-state index >= 15 is 0 Å². The molecular weight excluding hydrogens is 555 g/mol. The molecule has 1 aromatic heterocycles. The van der Waals surface area contributed by atoms with E-state index in [1.54, 1.807) is 31.1 Å². The molecular formula is C30H36Cl2N2O4S. The molecule has 1 fully saturated rings. The van der Waals surface area contributed by atoms with Crippen LogP contribution in [0.2, 0.25) is 10.0 Å². The standard InChI is InChI=1S/C30H36Cl2N2O4S/c1-38-22-8-9-26-24(18-22)23(12-14-33-26)27(35)10-6-20-13-16-34(19-21(20)7-11-29(36)37)15-3-17-39-28-5-2-4-25(31)30(28)32/h2,4-5,8-9,12,14,18,20-21,27,35H,3,6-7,10-11,13,15-17,19H2,1H3,(H,36,37)/t20-,21-,27-/m1/s1. The third-order valence-electron chi connectivity index (χ3n) is 7.65. The number of piperidine rings is 1. The SMILES string of the molecule is COc1ccc2nccc([C@H](O)CC[C@@H]3CCN(CCCSc4cccc(Cl)c4Cl)C[C@H]3CCC(=O)O)c2c1. The normalized spacial score (nSPS) is 18.8. The van der Waals surface area contributed by atoms with E-state index in [1.807, 2.05) is 36.4 Å². The van der Waals surface area contributed by atoms with E-state index in [1.165, 1.54) is 0 Å². The first kappa shape index (κ1) is 29.9. The fourth-order valence-corrected chi connectivity index (χ4v) is 6.96. The molecule has 0 unspecified atom stereocenters. The summed E-state index contributed by atoms with van der Waals surface area (Å²) in [6.07, 6.45) is 5.47. The van der Waals surface area contributed by atoms with Gasteiger partial charge in [-0.3, -0.25) is 9.78 Å². The molecule has 1 aliphatic heterocycles. The van der Waals surface area contributed by atoms with Gasteiger partial charge in [0.1, 0.15) is 5.75 Å². The Morgan fingerprint density at radius 1 is 1.21 bits per heavy atom. The number of carboxylic acids is 1. The van der Waals surface area contributed by atoms with Crippen molar-refractivity contribution in [1.29, 1.82) is 0 Å². The quantitative estimate of drug-likeness (QED) is 0.159. The number of carbonyl (C=O) groups is 1. The van der Waals surface area contributed by atoms with Crippen LogP contribution in [0.25, 0.3) is 10.9 Å². The summed E-state index contributed by atoms with van der Waals surface area (Å²) < 4.78 is 5.38. The number of nitrogens with zero attached hydrogens (tertiary/aromatic N) is 2. The van der Waals surface area contributed by atoms with Crippen molar-refractivity contribution >= 4 is 51.8 Å². The first-order valence-electron chi connectivity index (χ1n) is 13.5. The van der Waals surface area contributed by atoms with E-state index in [9.17, 15) is 15.0 Å². The smallest absolute Gasteiger partial charge is 0.303 e. The summed E-state index contributed by atoms with van der Waals surface area (Å²) in [5.41, 5.74) is 1.69. The number of aromatic nitrogens is 1. The molecule has 0 amide bonds. The van der Waals surface area contributed by atoms with Crippen molar-refractivity contribution in [3.8, 4) is 5.75 Å². The van der Waals surface area contributed by atoms with Gasteiger partial charge in [-0.05, 0) is 105 Å². The fraction of sp³-hybridized carbons (Fsp3) is 0.467. The van der Waals surface area contributed by atoms with Crippen LogP contribution in [0.1, 0.15) is 50.2 Å². The molecule has 0 spiro atoms. The Morgan fingerprint density at radius 3 is 2.85 bits per heavy atom. The van der Waals surface area contributed by atoms with Gasteiger partial charge >= 0.3 is 5.97 Å². The molecule has 3 atom stereocenters. The zero-order valence-electron chi connectivity index (χ0n) is 22.2. The monoisotopic (exact) mass is 590 g/mol. The second kappa shape index (κ2) is 14.6. The molecule has 39 heavy (non-hydrogen) atoms. The van der Waals surface area contributed by atoms with Crippen LogP contribution in [0.3, 0.4) is 0 Å². The molecule has 9 heteroatoms. The first-order valence-corrected chi connectivity index (χ1v) is 15.2. The summed E-state index contributed by atoms with van der Waals surface area (Å²) in [7, 11) is 1.63. The maximum atomic E-state index is 11.4. The van der Waals surface area contributed by atoms with Crippen molar-refractivity contribution in [3.05, 3.63) is 64.3 Å². The van der Waals surface area contributed by atoms with Crippen molar-refractivity contribution in [3.63, 3.8) is 0 Å². The summed E-state index contributed by atoms with van der Waals surface area (Å²) in [6.45, 7) is 2.85. The Balaban J connectivity index is 1.32. The highest BCUT2D eigenvalue weighted by molar-refractivity contribution is 7.99. The lowest BCUT2D eigenvalue weighted by molar-refractivity contribution is -0.137. The van der Waals surface area contributed by atoms with Gasteiger partial charge in [-0.1, -0.05) is 29.3 Å². The molecule has 210 valence electrons. The maximum Gasteiger partial charge on any atom is 0.303 e. The lowest BCUT2D eigenvalue weighted by Crippen LogP contribution is -2.41. The Bertz CT molecular complexity index is 1260. The molecule has 2 heterocycles. The number of aliphatic carboxylic acids is 1. The van der Waals surface area contributed by atoms with Crippen LogP contribution in [-0.4, -0.2) is 58.6 Å². The Kier molecular flexibility index (Phi) is 11.2. The number of thioether (sulfide) groups is 1. The third kappa shape index (κ3) is 8.24. The molecule has 0 saturated carbocycles. The van der Waals surface area contributed by atoms with Gasteiger partial charge in [0.05, 0.1) is 28.8 Å². The van der Waals surface area contributed by atoms with Crippen molar-refractivity contribution < 1.29 is 19.7 Å². The van der Waals surface area contributed by atoms with Gasteiger partial charge in [0.25, 0.3) is 0 Å². The molecule has 0 aliphatic carbocycles. The number of aliphatic hydroxyl groups excluding tert-OH is 1. The lowest BCUT2D eigenvalue weighted by atomic mass is 9.79. The molecule has 3 aromatic rings. The number of methoxy groups -OCH3 is 1. The molecule has 6 nitrogen and oxygen atoms in total. The minimum absolute atomic E-state index is 0.176. The average molecular weight is 592 g/mol. The van der Waals surface area contributed by atoms with E-state index in [-0.39, 0.29) is 6.42 Å². The molecule has 1 saturated heterocycles. The van der Waals surface area contributed by atoms with E-state index in [2.05, 4.69) is 9.88 Å². The number of pyridine rings is 1. The van der Waals surface area contributed by atoms with Gasteiger partial charge in [-0.25, -0.2) is 0 Å². The maximum absolute atomic E-state index is 11.4. The predicted molar refractivity (Wildman–Crippen MR) is 159 cm³/mol. The van der Waals surface area contributed by atoms with Crippen molar-refractivity contribution in [2.45, 2.75) is 49.5 Å². The summed E-state index contributed by atoms with van der Waals surface area (Å²) in [6, 6.07) is 13.3. The number of fused-ring (bicyclic) bond motifs is 1. The largest absolute Gasteiger partial charge is 0.497 e. The Labute approximate surface area is 244 Å². The zero-order valence-corrected chi connectivity index (χ0v) is 24.5. The minimum Gasteiger partial charge on any atom is -0.497 e. The second-order valence-corrected chi connectivity index (χ2v) is 12.1. The molecule has 4 rings (SSSR count). The number of benzene rings is 2. The molecule has 0 radical (unpaired) electrons. The average Bonchev–Trinajstić information content (AvgIpc) is 2.94. The highest BCUT2D eigenvalue weighted by atomic mass is 35.5. The van der Waals surface area contributed by atoms with Gasteiger partial charge in [0.15, 0.2) is 0 Å². The predicted octanol–water partition coefficient (Wildman–Crippen LogP) is 7.35. The number of rotatable bonds is 13. The third-order valence-corrected chi connectivity index (χ3v) is 9.72. The van der Waals surface area contributed by atoms with Gasteiger partial charge in [0, 0.05) is 29.4 Å². The highest BCUT2D eigenvalue weighted by Gasteiger charge is 2.30. The van der Waals surface area contributed by atoms with E-state index < -0.39 is 12.1 Å². The number of hydrogen-bond donors (Lipinski definition) is 2. The van der Waals surface area contributed by atoms with E-state index in [4.69, 9.17) is 27.9 Å². The number of likely N-dealkylation sites (tertiary alicyclic amines) is 1. The number of carboxylic acid groups (broad SMARTS) is 1. The molecule has 0 bridgehead atoms. The van der Waals surface area contributed by atoms with Crippen molar-refractivity contribution in [2.24, 2.45) is 11.8 Å². The number of aliphatic hydroxyl groups is 1. The summed E-state index contributed by atoms with van der Waals surface area (Å²) in [4.78, 5) is 19.2. The van der Waals surface area contributed by atoms with Gasteiger partial charge < -0.3 is 19.8 Å². The Morgan fingerprint density at radius 2 is 2.05 bits per heavy atom. The van der Waals surface area contributed by atoms with E-state index in [0.717, 1.165) is 71.8 Å². The first-order chi connectivity index (χ1) is 18.9. The second-order valence-electron chi connectivity index (χ2n) is 10.2. The van der Waals surface area contributed by atoms with Crippen molar-refractivity contribution in [1.82, 2.24) is 9.88 Å². The summed E-state index contributed by atoms with van der Waals surface area (Å²) >= 11 is 14.2. The van der Waals surface area contributed by atoms with Gasteiger partial charge in [-0.2, -0.15) is 0 Å². The van der Waals surface area contributed by atoms with Crippen LogP contribution in [0.15, 0.2) is 53.6 Å². The fourth-order valence-electron chi connectivity index (χ4n) is 5.53. The topological polar surface area (TPSA) is 82.9 Å². The van der Waals surface area contributed by atoms with Crippen molar-refractivity contribution in [2.75, 3.05) is 32.5 Å². The minimum atomic E-state index is -0.752. The highest BCUT2D eigenvalue weighted by Crippen LogP contribution is 2.36. The summed E-state index contributed by atoms with van der Waals surface area (Å²) in [5, 5.41) is 22.6. The molecule has 2 aromatic carbocycles. The summed E-state index contributed by atoms with van der Waals surface area (Å²) in [5.74, 6) is 1.61. The Hall–Kier alpha value is -2.03. The number of ether oxygens (including phenoxy) is 1. The van der Waals surface area contributed by atoms with Crippen LogP contribution < -0.4 is 4.74 Å². The molecule has 2 N–H and O–H groups in total. The van der Waals surface area contributed by atoms with Gasteiger partial charge in [-0.15, -0.1) is 11.8 Å². The van der Waals surface area contributed by atoms with Crippen LogP contribution in [0, 0.1) is 11.8 Å².